The number of hydrogen-bond donors (Lipinski definition) is 3. The van der Waals surface area contributed by atoms with Gasteiger partial charge < -0.3 is 21.1 Å². The molecule has 1 aliphatic heterocycles. The van der Waals surface area contributed by atoms with Crippen LogP contribution in [0.25, 0.3) is 10.4 Å². The zero-order valence-corrected chi connectivity index (χ0v) is 19.8. The largest absolute Gasteiger partial charge is 0.433 e. The number of amides is 2. The summed E-state index contributed by atoms with van der Waals surface area (Å²) in [5.41, 5.74) is 6.10. The summed E-state index contributed by atoms with van der Waals surface area (Å²) in [5.74, 6) is -0.155. The molecule has 3 aromatic rings. The Labute approximate surface area is 204 Å². The lowest BCUT2D eigenvalue weighted by Crippen LogP contribution is -2.38. The summed E-state index contributed by atoms with van der Waals surface area (Å²) >= 11 is 1.45. The smallest absolute Gasteiger partial charge is 0.395 e. The first-order valence-electron chi connectivity index (χ1n) is 11.0. The van der Waals surface area contributed by atoms with Gasteiger partial charge in [0.15, 0.2) is 0 Å². The summed E-state index contributed by atoms with van der Waals surface area (Å²) in [5, 5.41) is 13.9. The molecule has 1 aromatic carbocycles. The molecule has 3 heterocycles. The third-order valence-corrected chi connectivity index (χ3v) is 7.37. The number of primary amides is 1. The van der Waals surface area contributed by atoms with Gasteiger partial charge in [0.1, 0.15) is 10.7 Å². The Morgan fingerprint density at radius 1 is 1.26 bits per heavy atom. The number of aliphatic hydroxyl groups is 1. The number of carbonyl (C=O) groups excluding carboxylic acids is 1. The SMILES string of the molecule is Cc1cc(Nc2nccc(C(F)(F)F)n2)cc(-c2cnc(C3(CO)CCCN(C(N)=O)CC3)s2)c1. The molecule has 8 nitrogen and oxygen atoms in total. The van der Waals surface area contributed by atoms with E-state index in [1.165, 1.54) is 11.3 Å². The van der Waals surface area contributed by atoms with Gasteiger partial charge in [-0.15, -0.1) is 11.3 Å². The zero-order chi connectivity index (χ0) is 25.2. The van der Waals surface area contributed by atoms with Crippen LogP contribution in [0.2, 0.25) is 0 Å². The van der Waals surface area contributed by atoms with Gasteiger partial charge in [0.05, 0.1) is 11.5 Å². The standard InChI is InChI=1S/C23H25F3N6O2S/c1-14-9-15(11-16(10-14)30-21-28-6-3-18(31-21)23(24,25)26)17-12-29-19(35-17)22(13-33)4-2-7-32(8-5-22)20(27)34/h3,6,9-12,33H,2,4-5,7-8,13H2,1H3,(H2,27,34)(H,28,30,31). The number of nitrogens with two attached hydrogens (primary N) is 1. The average Bonchev–Trinajstić information content (AvgIpc) is 3.19. The summed E-state index contributed by atoms with van der Waals surface area (Å²) in [6, 6.07) is 5.88. The summed E-state index contributed by atoms with van der Waals surface area (Å²) in [7, 11) is 0. The fourth-order valence-electron chi connectivity index (χ4n) is 4.21. The number of benzene rings is 1. The number of carbonyl (C=O) groups is 1. The first kappa shape index (κ1) is 24.9. The number of aryl methyl sites for hydroxylation is 1. The molecule has 0 aliphatic carbocycles. The Hall–Kier alpha value is -3.25. The molecule has 12 heteroatoms. The molecule has 35 heavy (non-hydrogen) atoms. The molecule has 0 bridgehead atoms. The number of aliphatic hydroxyl groups excluding tert-OH is 1. The van der Waals surface area contributed by atoms with Crippen molar-refractivity contribution >= 4 is 29.0 Å². The molecule has 1 atom stereocenters. The molecule has 0 spiro atoms. The molecule has 4 N–H and O–H groups in total. The van der Waals surface area contributed by atoms with Crippen LogP contribution in [0.4, 0.5) is 29.6 Å². The molecule has 0 saturated carbocycles. The summed E-state index contributed by atoms with van der Waals surface area (Å²) in [6.45, 7) is 2.77. The maximum Gasteiger partial charge on any atom is 0.433 e. The van der Waals surface area contributed by atoms with Crippen LogP contribution in [0.1, 0.15) is 35.5 Å². The second-order valence-corrected chi connectivity index (χ2v) is 9.65. The molecule has 2 amide bonds. The van der Waals surface area contributed by atoms with Crippen LogP contribution in [0.15, 0.2) is 36.7 Å². The predicted molar refractivity (Wildman–Crippen MR) is 126 cm³/mol. The second-order valence-electron chi connectivity index (χ2n) is 8.62. The number of likely N-dealkylation sites (tertiary alicyclic amines) is 1. The molecule has 4 rings (SSSR count). The van der Waals surface area contributed by atoms with Gasteiger partial charge in [0, 0.05) is 36.6 Å². The summed E-state index contributed by atoms with van der Waals surface area (Å²) in [4.78, 5) is 26.1. The topological polar surface area (TPSA) is 117 Å². The first-order chi connectivity index (χ1) is 16.6. The molecule has 2 aromatic heterocycles. The van der Waals surface area contributed by atoms with Crippen LogP contribution in [0, 0.1) is 6.92 Å². The van der Waals surface area contributed by atoms with Crippen molar-refractivity contribution in [1.29, 1.82) is 0 Å². The number of nitrogens with one attached hydrogen (secondary N) is 1. The fraction of sp³-hybridized carbons (Fsp3) is 0.391. The van der Waals surface area contributed by atoms with E-state index in [0.717, 1.165) is 33.3 Å². The number of hydrogen-bond acceptors (Lipinski definition) is 7. The van der Waals surface area contributed by atoms with Gasteiger partial charge in [-0.3, -0.25) is 0 Å². The summed E-state index contributed by atoms with van der Waals surface area (Å²) < 4.78 is 39.0. The van der Waals surface area contributed by atoms with Crippen LogP contribution in [0.5, 0.6) is 0 Å². The zero-order valence-electron chi connectivity index (χ0n) is 19.0. The minimum Gasteiger partial charge on any atom is -0.395 e. The third kappa shape index (κ3) is 5.54. The Morgan fingerprint density at radius 3 is 2.77 bits per heavy atom. The fourth-order valence-corrected chi connectivity index (χ4v) is 5.35. The van der Waals surface area contributed by atoms with Crippen molar-refractivity contribution in [2.45, 2.75) is 37.8 Å². The van der Waals surface area contributed by atoms with Crippen LogP contribution >= 0.6 is 11.3 Å². The van der Waals surface area contributed by atoms with Crippen molar-refractivity contribution < 1.29 is 23.1 Å². The monoisotopic (exact) mass is 506 g/mol. The van der Waals surface area contributed by atoms with Crippen LogP contribution in [-0.4, -0.2) is 50.7 Å². The minimum absolute atomic E-state index is 0.0972. The number of urea groups is 1. The maximum absolute atomic E-state index is 13.0. The number of nitrogens with zero attached hydrogens (tertiary/aromatic N) is 4. The normalized spacial score (nSPS) is 18.8. The van der Waals surface area contributed by atoms with Crippen LogP contribution in [0.3, 0.4) is 0 Å². The molecule has 0 radical (unpaired) electrons. The van der Waals surface area contributed by atoms with Crippen LogP contribution < -0.4 is 11.1 Å². The Morgan fingerprint density at radius 2 is 2.06 bits per heavy atom. The van der Waals surface area contributed by atoms with Crippen molar-refractivity contribution in [2.75, 3.05) is 25.0 Å². The van der Waals surface area contributed by atoms with E-state index in [9.17, 15) is 23.1 Å². The molecule has 186 valence electrons. The highest BCUT2D eigenvalue weighted by molar-refractivity contribution is 7.15. The van der Waals surface area contributed by atoms with Crippen molar-refractivity contribution in [3.63, 3.8) is 0 Å². The molecule has 1 fully saturated rings. The molecule has 1 saturated heterocycles. The van der Waals surface area contributed by atoms with Gasteiger partial charge in [0.2, 0.25) is 5.95 Å². The number of thiazole rings is 1. The lowest BCUT2D eigenvalue weighted by molar-refractivity contribution is -0.141. The Balaban J connectivity index is 1.59. The maximum atomic E-state index is 13.0. The van der Waals surface area contributed by atoms with Gasteiger partial charge in [-0.2, -0.15) is 13.2 Å². The number of alkyl halides is 3. The number of anilines is 2. The molecular formula is C23H25F3N6O2S. The Bertz CT molecular complexity index is 1220. The number of rotatable bonds is 5. The van der Waals surface area contributed by atoms with Crippen molar-refractivity contribution in [3.05, 3.63) is 52.9 Å². The summed E-state index contributed by atoms with van der Waals surface area (Å²) in [6.07, 6.45) is 0.151. The van der Waals surface area contributed by atoms with Gasteiger partial charge in [-0.1, -0.05) is 6.07 Å². The van der Waals surface area contributed by atoms with Gasteiger partial charge in [-0.05, 0) is 55.5 Å². The highest BCUT2D eigenvalue weighted by Gasteiger charge is 2.37. The quantitative estimate of drug-likeness (QED) is 0.470. The Kier molecular flexibility index (Phi) is 6.95. The third-order valence-electron chi connectivity index (χ3n) is 6.08. The highest BCUT2D eigenvalue weighted by Crippen LogP contribution is 2.40. The highest BCUT2D eigenvalue weighted by atomic mass is 32.1. The van der Waals surface area contributed by atoms with Gasteiger partial charge in [0.25, 0.3) is 0 Å². The van der Waals surface area contributed by atoms with Gasteiger partial charge >= 0.3 is 12.2 Å². The van der Waals surface area contributed by atoms with Crippen LogP contribution in [-0.2, 0) is 11.6 Å². The van der Waals surface area contributed by atoms with E-state index in [-0.39, 0.29) is 12.6 Å². The van der Waals surface area contributed by atoms with E-state index in [2.05, 4.69) is 20.3 Å². The van der Waals surface area contributed by atoms with E-state index in [1.807, 2.05) is 13.0 Å². The van der Waals surface area contributed by atoms with E-state index in [4.69, 9.17) is 5.73 Å². The number of aromatic nitrogens is 3. The molecular weight excluding hydrogens is 481 g/mol. The average molecular weight is 507 g/mol. The lowest BCUT2D eigenvalue weighted by Gasteiger charge is -2.28. The number of halogens is 3. The van der Waals surface area contributed by atoms with Crippen molar-refractivity contribution in [3.8, 4) is 10.4 Å². The van der Waals surface area contributed by atoms with E-state index < -0.39 is 23.3 Å². The minimum atomic E-state index is -4.56. The van der Waals surface area contributed by atoms with E-state index >= 15 is 0 Å². The van der Waals surface area contributed by atoms with Gasteiger partial charge in [-0.25, -0.2) is 19.7 Å². The molecule has 1 aliphatic rings. The van der Waals surface area contributed by atoms with E-state index in [1.54, 1.807) is 23.2 Å². The second kappa shape index (κ2) is 9.78. The van der Waals surface area contributed by atoms with Crippen molar-refractivity contribution in [2.24, 2.45) is 5.73 Å². The van der Waals surface area contributed by atoms with E-state index in [0.29, 0.717) is 38.0 Å². The van der Waals surface area contributed by atoms with Crippen molar-refractivity contribution in [1.82, 2.24) is 19.9 Å². The lowest BCUT2D eigenvalue weighted by atomic mass is 9.82. The first-order valence-corrected chi connectivity index (χ1v) is 11.8. The molecule has 1 unspecified atom stereocenters. The predicted octanol–water partition coefficient (Wildman–Crippen LogP) is 4.47.